The summed E-state index contributed by atoms with van der Waals surface area (Å²) in [4.78, 5) is 10.7. The number of nitrogens with zero attached hydrogens (tertiary/aromatic N) is 1. The van der Waals surface area contributed by atoms with Crippen LogP contribution in [0.25, 0.3) is 21.9 Å². The molecule has 0 bridgehead atoms. The van der Waals surface area contributed by atoms with Crippen molar-refractivity contribution in [1.82, 2.24) is 5.06 Å². The van der Waals surface area contributed by atoms with Crippen molar-refractivity contribution >= 4 is 28.0 Å². The van der Waals surface area contributed by atoms with E-state index in [-0.39, 0.29) is 6.54 Å². The maximum Gasteiger partial charge on any atom is 0.338 e. The van der Waals surface area contributed by atoms with Crippen LogP contribution >= 0.6 is 0 Å². The lowest BCUT2D eigenvalue weighted by Crippen LogP contribution is -2.34. The van der Waals surface area contributed by atoms with Crippen molar-refractivity contribution in [2.45, 2.75) is 6.42 Å². The predicted molar refractivity (Wildman–Crippen MR) is 75.5 cm³/mol. The summed E-state index contributed by atoms with van der Waals surface area (Å²) in [7, 11) is 0. The summed E-state index contributed by atoms with van der Waals surface area (Å²) in [5.74, 6) is 0. The number of primary amides is 1. The van der Waals surface area contributed by atoms with Crippen molar-refractivity contribution in [1.29, 1.82) is 0 Å². The number of amides is 2. The highest BCUT2D eigenvalue weighted by atomic mass is 16.5. The third kappa shape index (κ3) is 2.19. The van der Waals surface area contributed by atoms with E-state index in [4.69, 9.17) is 10.2 Å². The van der Waals surface area contributed by atoms with E-state index >= 15 is 0 Å². The molecule has 5 nitrogen and oxygen atoms in total. The second kappa shape index (κ2) is 4.86. The second-order valence-electron chi connectivity index (χ2n) is 4.64. The first-order valence-corrected chi connectivity index (χ1v) is 6.31. The van der Waals surface area contributed by atoms with Crippen LogP contribution in [0.1, 0.15) is 5.56 Å². The molecular weight excluding hydrogens is 256 g/mol. The fraction of sp³-hybridized carbons (Fsp3) is 0.133. The Kier molecular flexibility index (Phi) is 3.04. The Morgan fingerprint density at radius 1 is 1.15 bits per heavy atom. The van der Waals surface area contributed by atoms with Crippen LogP contribution in [0.5, 0.6) is 0 Å². The molecule has 0 radical (unpaired) electrons. The monoisotopic (exact) mass is 270 g/mol. The van der Waals surface area contributed by atoms with E-state index in [1.165, 1.54) is 0 Å². The number of furan rings is 1. The smallest absolute Gasteiger partial charge is 0.338 e. The van der Waals surface area contributed by atoms with Crippen LogP contribution in [-0.2, 0) is 6.42 Å². The molecule has 3 aromatic rings. The molecule has 2 aromatic carbocycles. The summed E-state index contributed by atoms with van der Waals surface area (Å²) in [6, 6.07) is 12.9. The number of urea groups is 1. The molecule has 0 aliphatic heterocycles. The number of hydrogen-bond acceptors (Lipinski definition) is 3. The van der Waals surface area contributed by atoms with Crippen molar-refractivity contribution in [2.24, 2.45) is 5.73 Å². The molecule has 3 N–H and O–H groups in total. The standard InChI is InChI=1S/C15H14N2O3/c16-15(18)17(19)8-7-10-5-6-12-11-3-1-2-4-13(11)20-14(12)9-10/h1-6,9,19H,7-8H2,(H2,16,18). The van der Waals surface area contributed by atoms with Crippen LogP contribution in [0, 0.1) is 0 Å². The fourth-order valence-electron chi connectivity index (χ4n) is 2.27. The van der Waals surface area contributed by atoms with E-state index in [9.17, 15) is 10.0 Å². The van der Waals surface area contributed by atoms with E-state index < -0.39 is 6.03 Å². The van der Waals surface area contributed by atoms with Crippen molar-refractivity contribution in [2.75, 3.05) is 6.54 Å². The van der Waals surface area contributed by atoms with E-state index in [1.54, 1.807) is 0 Å². The van der Waals surface area contributed by atoms with Gasteiger partial charge in [-0.1, -0.05) is 30.3 Å². The number of fused-ring (bicyclic) bond motifs is 3. The van der Waals surface area contributed by atoms with Crippen LogP contribution < -0.4 is 5.73 Å². The van der Waals surface area contributed by atoms with E-state index in [2.05, 4.69) is 0 Å². The second-order valence-corrected chi connectivity index (χ2v) is 4.64. The van der Waals surface area contributed by atoms with Gasteiger partial charge in [0.1, 0.15) is 11.2 Å². The first-order chi connectivity index (χ1) is 9.65. The molecule has 0 spiro atoms. The molecule has 0 unspecified atom stereocenters. The highest BCUT2D eigenvalue weighted by Gasteiger charge is 2.09. The van der Waals surface area contributed by atoms with Gasteiger partial charge in [0.15, 0.2) is 0 Å². The minimum absolute atomic E-state index is 0.154. The molecular formula is C15H14N2O3. The van der Waals surface area contributed by atoms with E-state index in [0.29, 0.717) is 11.5 Å². The normalized spacial score (nSPS) is 11.1. The third-order valence-corrected chi connectivity index (χ3v) is 3.31. The van der Waals surface area contributed by atoms with Gasteiger partial charge >= 0.3 is 6.03 Å². The summed E-state index contributed by atoms with van der Waals surface area (Å²) < 4.78 is 5.78. The molecule has 102 valence electrons. The lowest BCUT2D eigenvalue weighted by atomic mass is 10.1. The van der Waals surface area contributed by atoms with Crippen molar-refractivity contribution in [3.05, 3.63) is 48.0 Å². The summed E-state index contributed by atoms with van der Waals surface area (Å²) >= 11 is 0. The fourth-order valence-corrected chi connectivity index (χ4v) is 2.27. The zero-order chi connectivity index (χ0) is 14.1. The molecule has 3 rings (SSSR count). The summed E-state index contributed by atoms with van der Waals surface area (Å²) in [6.07, 6.45) is 0.506. The molecule has 1 aromatic heterocycles. The highest BCUT2D eigenvalue weighted by molar-refractivity contribution is 6.04. The van der Waals surface area contributed by atoms with Gasteiger partial charge < -0.3 is 10.2 Å². The van der Waals surface area contributed by atoms with E-state index in [0.717, 1.165) is 27.5 Å². The van der Waals surface area contributed by atoms with Gasteiger partial charge in [0.05, 0.1) is 6.54 Å². The number of benzene rings is 2. The number of hydrogen-bond donors (Lipinski definition) is 2. The van der Waals surface area contributed by atoms with Gasteiger partial charge in [0.25, 0.3) is 0 Å². The highest BCUT2D eigenvalue weighted by Crippen LogP contribution is 2.29. The van der Waals surface area contributed by atoms with Gasteiger partial charge in [-0.2, -0.15) is 0 Å². The first kappa shape index (κ1) is 12.5. The van der Waals surface area contributed by atoms with Gasteiger partial charge in [-0.15, -0.1) is 0 Å². The van der Waals surface area contributed by atoms with Gasteiger partial charge in [-0.25, -0.2) is 9.86 Å². The SMILES string of the molecule is NC(=O)N(O)CCc1ccc2c(c1)oc1ccccc12. The van der Waals surface area contributed by atoms with Crippen LogP contribution in [0.4, 0.5) is 4.79 Å². The van der Waals surface area contributed by atoms with Gasteiger partial charge in [-0.3, -0.25) is 5.21 Å². The minimum atomic E-state index is -0.852. The summed E-state index contributed by atoms with van der Waals surface area (Å²) in [5.41, 5.74) is 7.58. The maximum absolute atomic E-state index is 10.7. The van der Waals surface area contributed by atoms with Crippen LogP contribution in [0.2, 0.25) is 0 Å². The zero-order valence-electron chi connectivity index (χ0n) is 10.7. The third-order valence-electron chi connectivity index (χ3n) is 3.31. The molecule has 0 atom stereocenters. The Morgan fingerprint density at radius 3 is 2.70 bits per heavy atom. The largest absolute Gasteiger partial charge is 0.456 e. The maximum atomic E-state index is 10.7. The number of rotatable bonds is 3. The van der Waals surface area contributed by atoms with Gasteiger partial charge in [0, 0.05) is 10.8 Å². The van der Waals surface area contributed by atoms with Crippen molar-refractivity contribution in [3.63, 3.8) is 0 Å². The van der Waals surface area contributed by atoms with Crippen LogP contribution in [0.3, 0.4) is 0 Å². The minimum Gasteiger partial charge on any atom is -0.456 e. The molecule has 1 heterocycles. The Labute approximate surface area is 115 Å². The number of carbonyl (C=O) groups is 1. The number of carbonyl (C=O) groups excluding carboxylic acids is 1. The van der Waals surface area contributed by atoms with Crippen molar-refractivity contribution < 1.29 is 14.4 Å². The summed E-state index contributed by atoms with van der Waals surface area (Å²) in [5, 5.41) is 11.9. The molecule has 0 saturated carbocycles. The predicted octanol–water partition coefficient (Wildman–Crippen LogP) is 2.90. The van der Waals surface area contributed by atoms with E-state index in [1.807, 2.05) is 42.5 Å². The number of hydroxylamine groups is 2. The molecule has 2 amide bonds. The topological polar surface area (TPSA) is 79.7 Å². The Bertz CT molecular complexity index is 779. The first-order valence-electron chi connectivity index (χ1n) is 6.31. The molecule has 5 heteroatoms. The molecule has 0 aliphatic rings. The van der Waals surface area contributed by atoms with Crippen LogP contribution in [-0.4, -0.2) is 22.8 Å². The quantitative estimate of drug-likeness (QED) is 0.567. The lowest BCUT2D eigenvalue weighted by molar-refractivity contribution is -0.0382. The number of para-hydroxylation sites is 1. The lowest BCUT2D eigenvalue weighted by Gasteiger charge is -2.11. The number of nitrogens with two attached hydrogens (primary N) is 1. The van der Waals surface area contributed by atoms with Gasteiger partial charge in [0.2, 0.25) is 0 Å². The molecule has 0 saturated heterocycles. The van der Waals surface area contributed by atoms with Crippen LogP contribution in [0.15, 0.2) is 46.9 Å². The molecule has 20 heavy (non-hydrogen) atoms. The average Bonchev–Trinajstić information content (AvgIpc) is 2.82. The van der Waals surface area contributed by atoms with Gasteiger partial charge in [-0.05, 0) is 24.1 Å². The Morgan fingerprint density at radius 2 is 1.90 bits per heavy atom. The molecule has 0 fully saturated rings. The average molecular weight is 270 g/mol. The summed E-state index contributed by atoms with van der Waals surface area (Å²) in [6.45, 7) is 0.154. The zero-order valence-corrected chi connectivity index (χ0v) is 10.7. The Balaban J connectivity index is 1.91. The Hall–Kier alpha value is -2.53. The molecule has 0 aliphatic carbocycles. The van der Waals surface area contributed by atoms with Crippen molar-refractivity contribution in [3.8, 4) is 0 Å².